The number of para-hydroxylation sites is 1. The van der Waals surface area contributed by atoms with Gasteiger partial charge in [-0.25, -0.2) is 9.78 Å². The summed E-state index contributed by atoms with van der Waals surface area (Å²) in [6.45, 7) is 0. The van der Waals surface area contributed by atoms with E-state index in [4.69, 9.17) is 4.74 Å². The van der Waals surface area contributed by atoms with Crippen molar-refractivity contribution in [2.75, 3.05) is 0 Å². The zero-order chi connectivity index (χ0) is 23.7. The molecule has 2 aliphatic rings. The first-order valence-corrected chi connectivity index (χ1v) is 11.0. The molecule has 0 bridgehead atoms. The molecule has 1 saturated heterocycles. The zero-order valence-corrected chi connectivity index (χ0v) is 18.1. The summed E-state index contributed by atoms with van der Waals surface area (Å²) in [6, 6.07) is 5.54. The van der Waals surface area contributed by atoms with Crippen LogP contribution < -0.4 is 16.0 Å². The number of imidazole rings is 1. The molecule has 6 N–H and O–H groups in total. The van der Waals surface area contributed by atoms with Gasteiger partial charge in [0, 0.05) is 48.3 Å². The van der Waals surface area contributed by atoms with Crippen LogP contribution in [-0.2, 0) is 32.0 Å². The van der Waals surface area contributed by atoms with Crippen molar-refractivity contribution < 1.29 is 24.2 Å². The van der Waals surface area contributed by atoms with Gasteiger partial charge < -0.3 is 35.8 Å². The molecule has 1 aromatic carbocycles. The van der Waals surface area contributed by atoms with Gasteiger partial charge in [-0.05, 0) is 18.1 Å². The number of aromatic nitrogens is 3. The molecule has 1 fully saturated rings. The van der Waals surface area contributed by atoms with Crippen LogP contribution in [0, 0.1) is 0 Å². The summed E-state index contributed by atoms with van der Waals surface area (Å²) < 4.78 is 5.17. The van der Waals surface area contributed by atoms with E-state index in [9.17, 15) is 19.5 Å². The minimum absolute atomic E-state index is 0.178. The van der Waals surface area contributed by atoms with E-state index >= 15 is 0 Å². The van der Waals surface area contributed by atoms with Crippen molar-refractivity contribution in [3.05, 3.63) is 65.9 Å². The van der Waals surface area contributed by atoms with Crippen LogP contribution >= 0.6 is 0 Å². The van der Waals surface area contributed by atoms with Crippen molar-refractivity contribution in [2.24, 2.45) is 0 Å². The Kier molecular flexibility index (Phi) is 5.66. The van der Waals surface area contributed by atoms with Gasteiger partial charge in [-0.15, -0.1) is 0 Å². The van der Waals surface area contributed by atoms with Crippen molar-refractivity contribution >= 4 is 28.7 Å². The minimum atomic E-state index is -0.780. The second-order valence-corrected chi connectivity index (χ2v) is 8.40. The van der Waals surface area contributed by atoms with Crippen molar-refractivity contribution in [2.45, 2.75) is 43.8 Å². The molecule has 0 radical (unpaired) electrons. The Hall–Kier alpha value is -4.28. The Balaban J connectivity index is 1.38. The van der Waals surface area contributed by atoms with Gasteiger partial charge in [-0.2, -0.15) is 0 Å². The van der Waals surface area contributed by atoms with Crippen molar-refractivity contribution in [1.82, 2.24) is 30.9 Å². The number of nitrogens with zero attached hydrogens (tertiary/aromatic N) is 1. The molecule has 3 aromatic rings. The number of H-pyrrole nitrogens is 2. The van der Waals surface area contributed by atoms with Gasteiger partial charge in [0.2, 0.25) is 11.8 Å². The molecule has 4 heterocycles. The summed E-state index contributed by atoms with van der Waals surface area (Å²) in [6.07, 6.45) is 6.17. The van der Waals surface area contributed by atoms with E-state index in [0.717, 1.165) is 16.5 Å². The standard InChI is InChI=1S/C23H24N6O5/c30-19-6-5-16(27-19)21(31)29-17(8-13-10-24-11-26-13)20-23(33)34-22(32)18(28-20)7-12-9-25-15-4-2-1-3-14(12)15/h1-4,9-11,16-18,25,28,33H,5-8H2,(H,24,26)(H,27,30)(H,29,31)/t16-,17-,18-/m0/s1. The number of benzene rings is 1. The number of cyclic esters (lactones) is 1. The Morgan fingerprint density at radius 1 is 1.24 bits per heavy atom. The lowest BCUT2D eigenvalue weighted by molar-refractivity contribution is -0.148. The van der Waals surface area contributed by atoms with E-state index in [-0.39, 0.29) is 30.4 Å². The molecule has 0 unspecified atom stereocenters. The predicted molar refractivity (Wildman–Crippen MR) is 120 cm³/mol. The number of fused-ring (bicyclic) bond motifs is 1. The highest BCUT2D eigenvalue weighted by atomic mass is 16.6. The maximum atomic E-state index is 12.8. The van der Waals surface area contributed by atoms with Crippen LogP contribution in [0.2, 0.25) is 0 Å². The fraction of sp³-hybridized carbons (Fsp3) is 0.304. The third-order valence-corrected chi connectivity index (χ3v) is 6.10. The molecule has 0 spiro atoms. The first-order valence-electron chi connectivity index (χ1n) is 11.0. The van der Waals surface area contributed by atoms with Crippen LogP contribution in [0.3, 0.4) is 0 Å². The lowest BCUT2D eigenvalue weighted by Gasteiger charge is -2.30. The van der Waals surface area contributed by atoms with E-state index in [2.05, 4.69) is 30.9 Å². The second-order valence-electron chi connectivity index (χ2n) is 8.40. The maximum absolute atomic E-state index is 12.8. The largest absolute Gasteiger partial charge is 0.479 e. The summed E-state index contributed by atoms with van der Waals surface area (Å²) in [4.78, 5) is 47.1. The number of carbonyl (C=O) groups excluding carboxylic acids is 3. The summed E-state index contributed by atoms with van der Waals surface area (Å²) in [5, 5.41) is 20.1. The first kappa shape index (κ1) is 21.6. The van der Waals surface area contributed by atoms with Crippen molar-refractivity contribution in [3.63, 3.8) is 0 Å². The summed E-state index contributed by atoms with van der Waals surface area (Å²) in [5.41, 5.74) is 2.74. The van der Waals surface area contributed by atoms with Crippen LogP contribution in [0.25, 0.3) is 10.9 Å². The first-order chi connectivity index (χ1) is 16.5. The number of aliphatic hydroxyl groups excluding tert-OH is 1. The number of rotatable bonds is 7. The Morgan fingerprint density at radius 2 is 2.09 bits per heavy atom. The summed E-state index contributed by atoms with van der Waals surface area (Å²) in [5.74, 6) is -1.79. The van der Waals surface area contributed by atoms with Crippen LogP contribution in [0.4, 0.5) is 0 Å². The predicted octanol–water partition coefficient (Wildman–Crippen LogP) is 0.682. The second kappa shape index (κ2) is 8.93. The van der Waals surface area contributed by atoms with Crippen LogP contribution in [-0.4, -0.2) is 56.0 Å². The highest BCUT2D eigenvalue weighted by Crippen LogP contribution is 2.23. The molecule has 2 amide bonds. The number of amides is 2. The molecular formula is C23H24N6O5. The fourth-order valence-corrected chi connectivity index (χ4v) is 4.36. The molecule has 0 aliphatic carbocycles. The number of nitrogens with one attached hydrogen (secondary N) is 5. The number of hydrogen-bond acceptors (Lipinski definition) is 7. The molecule has 11 nitrogen and oxygen atoms in total. The SMILES string of the molecule is O=C1CC[C@@H](C(=O)N[C@@H](Cc2cnc[nH]2)C2=C(O)OC(=O)[C@H](Cc3c[nH]c4ccccc34)N2)N1. The minimum Gasteiger partial charge on any atom is -0.479 e. The lowest BCUT2D eigenvalue weighted by atomic mass is 10.0. The van der Waals surface area contributed by atoms with Crippen molar-refractivity contribution in [1.29, 1.82) is 0 Å². The number of hydrogen-bond donors (Lipinski definition) is 6. The fourth-order valence-electron chi connectivity index (χ4n) is 4.36. The van der Waals surface area contributed by atoms with E-state index in [0.29, 0.717) is 18.5 Å². The number of aliphatic hydroxyl groups is 1. The van der Waals surface area contributed by atoms with Crippen LogP contribution in [0.15, 0.2) is 54.6 Å². The van der Waals surface area contributed by atoms with Gasteiger partial charge in [-0.1, -0.05) is 18.2 Å². The van der Waals surface area contributed by atoms with Gasteiger partial charge in [-0.3, -0.25) is 9.59 Å². The topological polar surface area (TPSA) is 161 Å². The summed E-state index contributed by atoms with van der Waals surface area (Å²) >= 11 is 0. The molecule has 34 heavy (non-hydrogen) atoms. The van der Waals surface area contributed by atoms with E-state index in [1.165, 1.54) is 6.33 Å². The van der Waals surface area contributed by atoms with E-state index in [1.807, 2.05) is 30.5 Å². The number of carbonyl (C=O) groups is 3. The molecule has 0 saturated carbocycles. The van der Waals surface area contributed by atoms with Gasteiger partial charge in [0.05, 0.1) is 12.4 Å². The smallest absolute Gasteiger partial charge is 0.336 e. The van der Waals surface area contributed by atoms with Crippen LogP contribution in [0.5, 0.6) is 0 Å². The Bertz CT molecular complexity index is 1260. The van der Waals surface area contributed by atoms with Gasteiger partial charge >= 0.3 is 11.9 Å². The average molecular weight is 464 g/mol. The van der Waals surface area contributed by atoms with E-state index < -0.39 is 30.0 Å². The summed E-state index contributed by atoms with van der Waals surface area (Å²) in [7, 11) is 0. The third kappa shape index (κ3) is 4.32. The Labute approximate surface area is 194 Å². The van der Waals surface area contributed by atoms with Gasteiger partial charge in [0.1, 0.15) is 17.8 Å². The quantitative estimate of drug-likeness (QED) is 0.280. The van der Waals surface area contributed by atoms with Gasteiger partial charge in [0.15, 0.2) is 0 Å². The van der Waals surface area contributed by atoms with Crippen molar-refractivity contribution in [3.8, 4) is 0 Å². The molecule has 176 valence electrons. The zero-order valence-electron chi connectivity index (χ0n) is 18.1. The molecule has 3 atom stereocenters. The van der Waals surface area contributed by atoms with Gasteiger partial charge in [0.25, 0.3) is 0 Å². The normalized spacial score (nSPS) is 21.2. The van der Waals surface area contributed by atoms with Crippen LogP contribution in [0.1, 0.15) is 24.1 Å². The number of esters is 1. The molecule has 2 aromatic heterocycles. The average Bonchev–Trinajstić information content (AvgIpc) is 3.57. The molecular weight excluding hydrogens is 440 g/mol. The third-order valence-electron chi connectivity index (χ3n) is 6.10. The number of ether oxygens (including phenoxy) is 1. The lowest BCUT2D eigenvalue weighted by Crippen LogP contribution is -2.53. The van der Waals surface area contributed by atoms with E-state index in [1.54, 1.807) is 6.20 Å². The monoisotopic (exact) mass is 464 g/mol. The highest BCUT2D eigenvalue weighted by molar-refractivity contribution is 5.91. The number of aromatic amines is 2. The highest BCUT2D eigenvalue weighted by Gasteiger charge is 2.36. The molecule has 5 rings (SSSR count). The Morgan fingerprint density at radius 3 is 2.85 bits per heavy atom. The molecule has 11 heteroatoms. The molecule has 2 aliphatic heterocycles. The maximum Gasteiger partial charge on any atom is 0.336 e.